The van der Waals surface area contributed by atoms with Crippen LogP contribution in [0.2, 0.25) is 0 Å². The van der Waals surface area contributed by atoms with Crippen molar-refractivity contribution >= 4 is 23.6 Å². The first-order valence-corrected chi connectivity index (χ1v) is 7.25. The van der Waals surface area contributed by atoms with Crippen molar-refractivity contribution in [1.82, 2.24) is 10.2 Å². The lowest BCUT2D eigenvalue weighted by Crippen LogP contribution is -2.60. The molecule has 2 rings (SSSR count). The first kappa shape index (κ1) is 12.7. The van der Waals surface area contributed by atoms with Crippen molar-refractivity contribution in [2.75, 3.05) is 18.8 Å². The van der Waals surface area contributed by atoms with Gasteiger partial charge >= 0.3 is 0 Å². The van der Waals surface area contributed by atoms with Crippen LogP contribution in [0, 0.1) is 0 Å². The van der Waals surface area contributed by atoms with Gasteiger partial charge in [0.25, 0.3) is 0 Å². The first-order chi connectivity index (χ1) is 8.06. The summed E-state index contributed by atoms with van der Waals surface area (Å²) in [5.41, 5.74) is 0. The molecule has 1 N–H and O–H groups in total. The number of amides is 2. The van der Waals surface area contributed by atoms with Gasteiger partial charge in [-0.3, -0.25) is 9.59 Å². The van der Waals surface area contributed by atoms with E-state index in [1.54, 1.807) is 4.90 Å². The lowest BCUT2D eigenvalue weighted by Gasteiger charge is -2.39. The van der Waals surface area contributed by atoms with Gasteiger partial charge in [0.2, 0.25) is 11.8 Å². The topological polar surface area (TPSA) is 49.4 Å². The van der Waals surface area contributed by atoms with Crippen molar-refractivity contribution in [3.05, 3.63) is 0 Å². The van der Waals surface area contributed by atoms with Gasteiger partial charge in [-0.25, -0.2) is 0 Å². The van der Waals surface area contributed by atoms with Crippen LogP contribution in [0.5, 0.6) is 0 Å². The van der Waals surface area contributed by atoms with E-state index in [4.69, 9.17) is 0 Å². The van der Waals surface area contributed by atoms with Gasteiger partial charge in [-0.1, -0.05) is 6.92 Å². The van der Waals surface area contributed by atoms with Gasteiger partial charge in [-0.05, 0) is 31.9 Å². The van der Waals surface area contributed by atoms with E-state index in [-0.39, 0.29) is 29.1 Å². The van der Waals surface area contributed by atoms with Gasteiger partial charge in [-0.2, -0.15) is 11.8 Å². The maximum atomic E-state index is 11.9. The van der Waals surface area contributed by atoms with Gasteiger partial charge in [0.1, 0.15) is 6.04 Å². The van der Waals surface area contributed by atoms with Crippen molar-refractivity contribution in [2.45, 2.75) is 43.9 Å². The Balaban J connectivity index is 2.10. The monoisotopic (exact) mass is 256 g/mol. The van der Waals surface area contributed by atoms with Crippen LogP contribution in [0.1, 0.15) is 33.1 Å². The highest BCUT2D eigenvalue weighted by molar-refractivity contribution is 8.00. The molecule has 96 valence electrons. The lowest BCUT2D eigenvalue weighted by atomic mass is 10.0. The number of hydrogen-bond acceptors (Lipinski definition) is 3. The van der Waals surface area contributed by atoms with Crippen LogP contribution in [0.4, 0.5) is 0 Å². The zero-order chi connectivity index (χ0) is 12.5. The van der Waals surface area contributed by atoms with Gasteiger partial charge in [0.15, 0.2) is 0 Å². The summed E-state index contributed by atoms with van der Waals surface area (Å²) < 4.78 is 0.140. The Morgan fingerprint density at radius 3 is 2.88 bits per heavy atom. The molecule has 2 atom stereocenters. The Morgan fingerprint density at radius 1 is 1.53 bits per heavy atom. The van der Waals surface area contributed by atoms with E-state index < -0.39 is 0 Å². The second-order valence-corrected chi connectivity index (χ2v) is 6.75. The number of nitrogens with one attached hydrogen (secondary N) is 1. The second-order valence-electron chi connectivity index (χ2n) is 5.07. The fraction of sp³-hybridized carbons (Fsp3) is 0.833. The number of thioether (sulfide) groups is 1. The molecule has 2 aliphatic rings. The third-order valence-electron chi connectivity index (χ3n) is 3.61. The molecule has 2 saturated heterocycles. The molecule has 2 unspecified atom stereocenters. The minimum Gasteiger partial charge on any atom is -0.345 e. The molecule has 0 aromatic heterocycles. The average Bonchev–Trinajstić information content (AvgIpc) is 2.71. The minimum atomic E-state index is -0.269. The van der Waals surface area contributed by atoms with E-state index in [9.17, 15) is 9.59 Å². The Hall–Kier alpha value is -0.710. The molecule has 0 spiro atoms. The number of piperazine rings is 1. The largest absolute Gasteiger partial charge is 0.345 e. The Labute approximate surface area is 106 Å². The fourth-order valence-corrected chi connectivity index (χ4v) is 3.92. The van der Waals surface area contributed by atoms with Crippen LogP contribution >= 0.6 is 11.8 Å². The normalized spacial score (nSPS) is 34.0. The molecule has 2 amide bonds. The van der Waals surface area contributed by atoms with E-state index >= 15 is 0 Å². The van der Waals surface area contributed by atoms with E-state index in [0.717, 1.165) is 6.42 Å². The number of carbonyl (C=O) groups is 2. The van der Waals surface area contributed by atoms with Crippen molar-refractivity contribution in [3.63, 3.8) is 0 Å². The van der Waals surface area contributed by atoms with E-state index in [2.05, 4.69) is 12.2 Å². The summed E-state index contributed by atoms with van der Waals surface area (Å²) in [5, 5.41) is 2.66. The summed E-state index contributed by atoms with van der Waals surface area (Å²) in [5.74, 6) is 1.23. The van der Waals surface area contributed by atoms with Gasteiger partial charge < -0.3 is 10.2 Å². The molecule has 0 bridgehead atoms. The molecule has 0 saturated carbocycles. The van der Waals surface area contributed by atoms with E-state index in [0.29, 0.717) is 13.0 Å². The number of carbonyl (C=O) groups excluding carboxylic acids is 2. The summed E-state index contributed by atoms with van der Waals surface area (Å²) in [7, 11) is 0. The second kappa shape index (κ2) is 4.88. The summed E-state index contributed by atoms with van der Waals surface area (Å²) >= 11 is 1.93. The van der Waals surface area contributed by atoms with Gasteiger partial charge in [-0.15, -0.1) is 0 Å². The summed E-state index contributed by atoms with van der Waals surface area (Å²) in [6.07, 6.45) is 3.05. The third kappa shape index (κ3) is 2.59. The maximum Gasteiger partial charge on any atom is 0.243 e. The van der Waals surface area contributed by atoms with Crippen LogP contribution in [-0.2, 0) is 9.59 Å². The molecular formula is C12H20N2O2S. The Bertz CT molecular complexity index is 326. The Kier molecular flexibility index (Phi) is 3.66. The zero-order valence-corrected chi connectivity index (χ0v) is 11.3. The van der Waals surface area contributed by atoms with Crippen LogP contribution in [0.3, 0.4) is 0 Å². The molecule has 17 heavy (non-hydrogen) atoms. The van der Waals surface area contributed by atoms with Crippen molar-refractivity contribution in [1.29, 1.82) is 0 Å². The number of hydrogen-bond donors (Lipinski definition) is 1. The lowest BCUT2D eigenvalue weighted by molar-refractivity contribution is -0.146. The summed E-state index contributed by atoms with van der Waals surface area (Å²) in [6.45, 7) is 5.04. The highest BCUT2D eigenvalue weighted by atomic mass is 32.2. The number of nitrogens with zero attached hydrogens (tertiary/aromatic N) is 1. The van der Waals surface area contributed by atoms with E-state index in [1.165, 1.54) is 12.2 Å². The van der Waals surface area contributed by atoms with E-state index in [1.807, 2.05) is 18.7 Å². The molecule has 2 aliphatic heterocycles. The van der Waals surface area contributed by atoms with Crippen LogP contribution in [-0.4, -0.2) is 46.3 Å². The zero-order valence-electron chi connectivity index (χ0n) is 10.5. The molecule has 0 radical (unpaired) electrons. The predicted molar refractivity (Wildman–Crippen MR) is 68.9 cm³/mol. The highest BCUT2D eigenvalue weighted by Gasteiger charge is 2.39. The molecule has 0 aliphatic carbocycles. The SMILES string of the molecule is CCC1C(=O)NCC(=O)N1CC1(C)CCCS1. The molecule has 2 heterocycles. The summed E-state index contributed by atoms with van der Waals surface area (Å²) in [6, 6.07) is -0.269. The molecule has 0 aromatic carbocycles. The van der Waals surface area contributed by atoms with Crippen LogP contribution in [0.15, 0.2) is 0 Å². The average molecular weight is 256 g/mol. The summed E-state index contributed by atoms with van der Waals surface area (Å²) in [4.78, 5) is 25.5. The molecule has 2 fully saturated rings. The molecule has 0 aromatic rings. The van der Waals surface area contributed by atoms with Crippen molar-refractivity contribution in [2.24, 2.45) is 0 Å². The van der Waals surface area contributed by atoms with Gasteiger partial charge in [0, 0.05) is 11.3 Å². The van der Waals surface area contributed by atoms with Crippen LogP contribution < -0.4 is 5.32 Å². The molecule has 4 nitrogen and oxygen atoms in total. The van der Waals surface area contributed by atoms with Crippen LogP contribution in [0.25, 0.3) is 0 Å². The van der Waals surface area contributed by atoms with Crippen molar-refractivity contribution < 1.29 is 9.59 Å². The predicted octanol–water partition coefficient (Wildman–Crippen LogP) is 1.01. The highest BCUT2D eigenvalue weighted by Crippen LogP contribution is 2.38. The molecule has 5 heteroatoms. The first-order valence-electron chi connectivity index (χ1n) is 6.27. The standard InChI is InChI=1S/C12H20N2O2S/c1-3-9-11(16)13-7-10(15)14(9)8-12(2)5-4-6-17-12/h9H,3-8H2,1-2H3,(H,13,16). The maximum absolute atomic E-state index is 11.9. The van der Waals surface area contributed by atoms with Crippen molar-refractivity contribution in [3.8, 4) is 0 Å². The third-order valence-corrected chi connectivity index (χ3v) is 5.13. The Morgan fingerprint density at radius 2 is 2.29 bits per heavy atom. The quantitative estimate of drug-likeness (QED) is 0.820. The smallest absolute Gasteiger partial charge is 0.243 e. The fourth-order valence-electron chi connectivity index (χ4n) is 2.62. The molecular weight excluding hydrogens is 236 g/mol. The minimum absolute atomic E-state index is 0.00121. The van der Waals surface area contributed by atoms with Gasteiger partial charge in [0.05, 0.1) is 6.54 Å². The number of rotatable bonds is 3.